The number of hydrogen-bond donors (Lipinski definition) is 0. The summed E-state index contributed by atoms with van der Waals surface area (Å²) in [4.78, 5) is 38.1. The maximum Gasteiger partial charge on any atom is 0.306 e. The molecule has 0 aliphatic rings. The van der Waals surface area contributed by atoms with Gasteiger partial charge in [-0.1, -0.05) is 235 Å². The number of carbonyl (C=O) groups is 3. The molecule has 0 unspecified atom stereocenters. The minimum Gasteiger partial charge on any atom is -0.462 e. The van der Waals surface area contributed by atoms with Gasteiger partial charge in [-0.15, -0.1) is 0 Å². The summed E-state index contributed by atoms with van der Waals surface area (Å²) in [5.74, 6) is -0.915. The molecule has 0 spiro atoms. The summed E-state index contributed by atoms with van der Waals surface area (Å²) in [6, 6.07) is 0. The maximum absolute atomic E-state index is 12.8. The third kappa shape index (κ3) is 53.7. The van der Waals surface area contributed by atoms with E-state index in [1.807, 2.05) is 0 Å². The highest BCUT2D eigenvalue weighted by atomic mass is 16.6. The van der Waals surface area contributed by atoms with Gasteiger partial charge in [0.2, 0.25) is 0 Å². The van der Waals surface area contributed by atoms with E-state index in [4.69, 9.17) is 14.2 Å². The third-order valence-electron chi connectivity index (χ3n) is 12.2. The van der Waals surface area contributed by atoms with E-state index < -0.39 is 6.10 Å². The molecule has 0 saturated heterocycles. The summed E-state index contributed by atoms with van der Waals surface area (Å²) >= 11 is 0. The van der Waals surface area contributed by atoms with Crippen molar-refractivity contribution >= 4 is 17.9 Å². The van der Waals surface area contributed by atoms with Crippen LogP contribution in [-0.2, 0) is 28.6 Å². The van der Waals surface area contributed by atoms with Crippen molar-refractivity contribution in [3.8, 4) is 0 Å². The number of allylic oxidation sites excluding steroid dienone is 12. The minimum absolute atomic E-state index is 0.0855. The normalized spacial score (nSPS) is 12.6. The fourth-order valence-corrected chi connectivity index (χ4v) is 7.87. The molecule has 0 radical (unpaired) electrons. The van der Waals surface area contributed by atoms with Gasteiger partial charge >= 0.3 is 17.9 Å². The summed E-state index contributed by atoms with van der Waals surface area (Å²) in [5, 5.41) is 0. The van der Waals surface area contributed by atoms with Gasteiger partial charge in [0.1, 0.15) is 13.2 Å². The van der Waals surface area contributed by atoms with Crippen molar-refractivity contribution in [1.82, 2.24) is 0 Å². The quantitative estimate of drug-likeness (QED) is 0.0262. The molecule has 0 bridgehead atoms. The standard InChI is InChI=1S/C61H106O6/c1-4-7-10-13-16-19-22-24-26-28-30-32-34-36-39-42-45-48-51-54-60(63)66-57-58(56-65-59(62)53-50-47-44-41-38-21-18-15-12-9-6-3)67-61(64)55-52-49-46-43-40-37-35-33-31-29-27-25-23-20-17-14-11-8-5-2/h16-17,19-20,24-27,30,32,36,39,58H,4-15,18,21-23,28-29,31,33-35,37-38,40-57H2,1-3H3/b19-16-,20-17-,26-24-,27-25-,32-30-,39-36-/t58-/m1/s1. The van der Waals surface area contributed by atoms with Crippen LogP contribution >= 0.6 is 0 Å². The Hall–Kier alpha value is -3.15. The van der Waals surface area contributed by atoms with Crippen LogP contribution in [0.5, 0.6) is 0 Å². The zero-order valence-corrected chi connectivity index (χ0v) is 44.2. The van der Waals surface area contributed by atoms with E-state index in [0.717, 1.165) is 89.9 Å². The highest BCUT2D eigenvalue weighted by Crippen LogP contribution is 2.15. The summed E-state index contributed by atoms with van der Waals surface area (Å²) in [6.07, 6.45) is 70.3. The Morgan fingerprint density at radius 2 is 0.537 bits per heavy atom. The van der Waals surface area contributed by atoms with Crippen molar-refractivity contribution in [2.45, 2.75) is 284 Å². The number of carbonyl (C=O) groups excluding carboxylic acids is 3. The molecular weight excluding hydrogens is 829 g/mol. The monoisotopic (exact) mass is 935 g/mol. The van der Waals surface area contributed by atoms with E-state index in [0.29, 0.717) is 19.3 Å². The molecule has 6 nitrogen and oxygen atoms in total. The molecule has 386 valence electrons. The minimum atomic E-state index is -0.789. The number of rotatable bonds is 51. The van der Waals surface area contributed by atoms with Crippen LogP contribution in [0.3, 0.4) is 0 Å². The molecule has 1 atom stereocenters. The lowest BCUT2D eigenvalue weighted by Crippen LogP contribution is -2.30. The lowest BCUT2D eigenvalue weighted by molar-refractivity contribution is -0.167. The lowest BCUT2D eigenvalue weighted by Gasteiger charge is -2.18. The topological polar surface area (TPSA) is 78.9 Å². The highest BCUT2D eigenvalue weighted by molar-refractivity contribution is 5.71. The first kappa shape index (κ1) is 63.8. The Balaban J connectivity index is 4.40. The summed E-state index contributed by atoms with van der Waals surface area (Å²) in [7, 11) is 0. The second-order valence-corrected chi connectivity index (χ2v) is 18.8. The Morgan fingerprint density at radius 3 is 0.881 bits per heavy atom. The van der Waals surface area contributed by atoms with Crippen LogP contribution in [0, 0.1) is 0 Å². The average Bonchev–Trinajstić information content (AvgIpc) is 3.33. The van der Waals surface area contributed by atoms with Gasteiger partial charge in [-0.05, 0) is 96.3 Å². The molecule has 0 aliphatic heterocycles. The molecule has 0 heterocycles. The van der Waals surface area contributed by atoms with E-state index in [1.165, 1.54) is 148 Å². The predicted molar refractivity (Wildman–Crippen MR) is 288 cm³/mol. The fourth-order valence-electron chi connectivity index (χ4n) is 7.87. The van der Waals surface area contributed by atoms with Crippen molar-refractivity contribution in [3.05, 3.63) is 72.9 Å². The molecule has 0 aromatic carbocycles. The SMILES string of the molecule is CCCCC/C=C\C/C=C\C/C=C\C/C=C\CCCCCC(=O)OC[C@@H](COC(=O)CCCCCCCCCCCCC)OC(=O)CCCCCCCCCCC/C=C\C/C=C\CCCCC. The Labute approximate surface area is 414 Å². The van der Waals surface area contributed by atoms with Crippen LogP contribution < -0.4 is 0 Å². The predicted octanol–water partition coefficient (Wildman–Crippen LogP) is 19.0. The summed E-state index contributed by atoms with van der Waals surface area (Å²) in [5.41, 5.74) is 0. The van der Waals surface area contributed by atoms with Crippen LogP contribution in [0.25, 0.3) is 0 Å². The first-order chi connectivity index (χ1) is 33.0. The third-order valence-corrected chi connectivity index (χ3v) is 12.2. The van der Waals surface area contributed by atoms with Crippen molar-refractivity contribution < 1.29 is 28.6 Å². The Bertz CT molecular complexity index is 1260. The zero-order chi connectivity index (χ0) is 48.6. The van der Waals surface area contributed by atoms with Crippen LogP contribution in [-0.4, -0.2) is 37.2 Å². The zero-order valence-electron chi connectivity index (χ0n) is 44.2. The van der Waals surface area contributed by atoms with Gasteiger partial charge in [0.15, 0.2) is 6.10 Å². The number of unbranched alkanes of at least 4 members (excludes halogenated alkanes) is 28. The van der Waals surface area contributed by atoms with Gasteiger partial charge in [0.05, 0.1) is 0 Å². The molecule has 0 fully saturated rings. The largest absolute Gasteiger partial charge is 0.462 e. The van der Waals surface area contributed by atoms with E-state index in [9.17, 15) is 14.4 Å². The maximum atomic E-state index is 12.8. The number of hydrogen-bond acceptors (Lipinski definition) is 6. The molecule has 0 rings (SSSR count). The first-order valence-corrected chi connectivity index (χ1v) is 28.4. The number of esters is 3. The van der Waals surface area contributed by atoms with Crippen LogP contribution in [0.1, 0.15) is 278 Å². The molecule has 0 aromatic heterocycles. The second kappa shape index (κ2) is 55.4. The van der Waals surface area contributed by atoms with Crippen molar-refractivity contribution in [2.75, 3.05) is 13.2 Å². The van der Waals surface area contributed by atoms with Gasteiger partial charge in [-0.2, -0.15) is 0 Å². The molecule has 0 aliphatic carbocycles. The summed E-state index contributed by atoms with van der Waals surface area (Å²) < 4.78 is 16.8. The van der Waals surface area contributed by atoms with Gasteiger partial charge in [0.25, 0.3) is 0 Å². The Morgan fingerprint density at radius 1 is 0.299 bits per heavy atom. The van der Waals surface area contributed by atoms with Crippen molar-refractivity contribution in [3.63, 3.8) is 0 Å². The smallest absolute Gasteiger partial charge is 0.306 e. The van der Waals surface area contributed by atoms with Gasteiger partial charge < -0.3 is 14.2 Å². The van der Waals surface area contributed by atoms with Crippen LogP contribution in [0.4, 0.5) is 0 Å². The van der Waals surface area contributed by atoms with E-state index in [-0.39, 0.29) is 31.1 Å². The van der Waals surface area contributed by atoms with E-state index in [1.54, 1.807) is 0 Å². The molecule has 0 N–H and O–H groups in total. The molecule has 6 heteroatoms. The van der Waals surface area contributed by atoms with Gasteiger partial charge in [0, 0.05) is 19.3 Å². The first-order valence-electron chi connectivity index (χ1n) is 28.4. The molecule has 0 amide bonds. The highest BCUT2D eigenvalue weighted by Gasteiger charge is 2.19. The molecular formula is C61H106O6. The van der Waals surface area contributed by atoms with Gasteiger partial charge in [-0.3, -0.25) is 14.4 Å². The molecule has 0 aromatic rings. The van der Waals surface area contributed by atoms with Gasteiger partial charge in [-0.25, -0.2) is 0 Å². The summed E-state index contributed by atoms with van der Waals surface area (Å²) in [6.45, 7) is 6.56. The fraction of sp³-hybridized carbons (Fsp3) is 0.754. The second-order valence-electron chi connectivity index (χ2n) is 18.8. The number of ether oxygens (including phenoxy) is 3. The van der Waals surface area contributed by atoms with Crippen LogP contribution in [0.2, 0.25) is 0 Å². The molecule has 0 saturated carbocycles. The van der Waals surface area contributed by atoms with E-state index >= 15 is 0 Å². The van der Waals surface area contributed by atoms with E-state index in [2.05, 4.69) is 93.7 Å². The van der Waals surface area contributed by atoms with Crippen molar-refractivity contribution in [2.24, 2.45) is 0 Å². The van der Waals surface area contributed by atoms with Crippen molar-refractivity contribution in [1.29, 1.82) is 0 Å². The van der Waals surface area contributed by atoms with Crippen LogP contribution in [0.15, 0.2) is 72.9 Å². The molecule has 67 heavy (non-hydrogen) atoms. The lowest BCUT2D eigenvalue weighted by atomic mass is 10.1. The average molecular weight is 936 g/mol. The Kier molecular flexibility index (Phi) is 52.8.